The largest absolute Gasteiger partial charge is 0.493 e. The van der Waals surface area contributed by atoms with Gasteiger partial charge in [0, 0.05) is 6.42 Å². The van der Waals surface area contributed by atoms with Crippen LogP contribution in [0.5, 0.6) is 5.75 Å². The number of hydrogen-bond acceptors (Lipinski definition) is 5. The summed E-state index contributed by atoms with van der Waals surface area (Å²) in [7, 11) is -3.62. The van der Waals surface area contributed by atoms with E-state index in [4.69, 9.17) is 4.74 Å². The number of anilines is 1. The number of aromatic nitrogens is 2. The Morgan fingerprint density at radius 3 is 2.79 bits per heavy atom. The van der Waals surface area contributed by atoms with Crippen LogP contribution in [-0.4, -0.2) is 25.0 Å². The first kappa shape index (κ1) is 11.9. The van der Waals surface area contributed by atoms with Crippen LogP contribution in [-0.2, 0) is 16.4 Å². The molecule has 6 nitrogen and oxygen atoms in total. The van der Waals surface area contributed by atoms with Crippen molar-refractivity contribution in [3.63, 3.8) is 0 Å². The average molecular weight is 277 g/mol. The van der Waals surface area contributed by atoms with E-state index >= 15 is 0 Å². The highest BCUT2D eigenvalue weighted by molar-refractivity contribution is 7.92. The molecule has 0 aliphatic carbocycles. The number of nitrogens with one attached hydrogen (secondary N) is 1. The van der Waals surface area contributed by atoms with E-state index in [-0.39, 0.29) is 4.90 Å². The third-order valence-electron chi connectivity index (χ3n) is 2.78. The normalized spacial score (nSPS) is 13.7. The van der Waals surface area contributed by atoms with E-state index in [0.29, 0.717) is 12.3 Å². The monoisotopic (exact) mass is 277 g/mol. The Balaban J connectivity index is 1.92. The SMILES string of the molecule is O=S(=O)(Nc1cncnc1)c1ccc2c(c1)CCO2. The fourth-order valence-electron chi connectivity index (χ4n) is 1.90. The molecule has 2 heterocycles. The minimum Gasteiger partial charge on any atom is -0.493 e. The van der Waals surface area contributed by atoms with Crippen LogP contribution in [0.4, 0.5) is 5.69 Å². The zero-order valence-corrected chi connectivity index (χ0v) is 10.7. The van der Waals surface area contributed by atoms with Crippen LogP contribution >= 0.6 is 0 Å². The Morgan fingerprint density at radius 2 is 2.00 bits per heavy atom. The predicted molar refractivity (Wildman–Crippen MR) is 68.5 cm³/mol. The van der Waals surface area contributed by atoms with E-state index in [1.54, 1.807) is 12.1 Å². The lowest BCUT2D eigenvalue weighted by Gasteiger charge is -2.08. The minimum atomic E-state index is -3.62. The molecule has 98 valence electrons. The molecule has 0 saturated carbocycles. The van der Waals surface area contributed by atoms with E-state index in [2.05, 4.69) is 14.7 Å². The highest BCUT2D eigenvalue weighted by Gasteiger charge is 2.19. The standard InChI is InChI=1S/C12H11N3O3S/c16-19(17,15-10-6-13-8-14-7-10)11-1-2-12-9(5-11)3-4-18-12/h1-2,5-8,15H,3-4H2. The van der Waals surface area contributed by atoms with Crippen LogP contribution in [0.25, 0.3) is 0 Å². The molecule has 0 saturated heterocycles. The molecule has 19 heavy (non-hydrogen) atoms. The lowest BCUT2D eigenvalue weighted by molar-refractivity contribution is 0.356. The Bertz CT molecular complexity index is 701. The van der Waals surface area contributed by atoms with Crippen LogP contribution in [0.1, 0.15) is 5.56 Å². The molecule has 0 unspecified atom stereocenters. The lowest BCUT2D eigenvalue weighted by atomic mass is 10.2. The van der Waals surface area contributed by atoms with Gasteiger partial charge in [-0.25, -0.2) is 18.4 Å². The van der Waals surface area contributed by atoms with Gasteiger partial charge in [-0.2, -0.15) is 0 Å². The van der Waals surface area contributed by atoms with E-state index in [1.165, 1.54) is 24.8 Å². The van der Waals surface area contributed by atoms with Gasteiger partial charge in [0.05, 0.1) is 29.6 Å². The number of nitrogens with zero attached hydrogens (tertiary/aromatic N) is 2. The number of benzene rings is 1. The summed E-state index contributed by atoms with van der Waals surface area (Å²) in [5, 5.41) is 0. The van der Waals surface area contributed by atoms with Crippen LogP contribution in [0, 0.1) is 0 Å². The summed E-state index contributed by atoms with van der Waals surface area (Å²) in [4.78, 5) is 7.73. The molecule has 7 heteroatoms. The highest BCUT2D eigenvalue weighted by atomic mass is 32.2. The summed E-state index contributed by atoms with van der Waals surface area (Å²) in [6.45, 7) is 0.596. The van der Waals surface area contributed by atoms with Gasteiger partial charge in [0.1, 0.15) is 12.1 Å². The summed E-state index contributed by atoms with van der Waals surface area (Å²) < 4.78 is 32.2. The zero-order chi connectivity index (χ0) is 13.3. The molecule has 1 aliphatic heterocycles. The fourth-order valence-corrected chi connectivity index (χ4v) is 2.97. The van der Waals surface area contributed by atoms with Gasteiger partial charge in [-0.05, 0) is 23.8 Å². The molecule has 3 rings (SSSR count). The maximum atomic E-state index is 12.2. The second kappa shape index (κ2) is 4.51. The topological polar surface area (TPSA) is 81.2 Å². The van der Waals surface area contributed by atoms with Crippen LogP contribution < -0.4 is 9.46 Å². The van der Waals surface area contributed by atoms with Crippen molar-refractivity contribution in [2.75, 3.05) is 11.3 Å². The molecular formula is C12H11N3O3S. The second-order valence-electron chi connectivity index (χ2n) is 4.10. The van der Waals surface area contributed by atoms with E-state index in [1.807, 2.05) is 0 Å². The van der Waals surface area contributed by atoms with E-state index in [0.717, 1.165) is 17.7 Å². The quantitative estimate of drug-likeness (QED) is 0.912. The number of ether oxygens (including phenoxy) is 1. The van der Waals surface area contributed by atoms with Gasteiger partial charge in [0.15, 0.2) is 0 Å². The van der Waals surface area contributed by atoms with Crippen molar-refractivity contribution in [3.05, 3.63) is 42.5 Å². The van der Waals surface area contributed by atoms with Gasteiger partial charge in [-0.1, -0.05) is 0 Å². The van der Waals surface area contributed by atoms with Crippen LogP contribution in [0.2, 0.25) is 0 Å². The summed E-state index contributed by atoms with van der Waals surface area (Å²) in [6.07, 6.45) is 4.87. The third-order valence-corrected chi connectivity index (χ3v) is 4.16. The van der Waals surface area contributed by atoms with Crippen molar-refractivity contribution in [1.82, 2.24) is 9.97 Å². The zero-order valence-electron chi connectivity index (χ0n) is 9.91. The number of fused-ring (bicyclic) bond motifs is 1. The predicted octanol–water partition coefficient (Wildman–Crippen LogP) is 1.21. The molecule has 0 amide bonds. The molecule has 0 spiro atoms. The number of hydrogen-bond donors (Lipinski definition) is 1. The van der Waals surface area contributed by atoms with Gasteiger partial charge in [0.25, 0.3) is 10.0 Å². The molecule has 1 aromatic carbocycles. The van der Waals surface area contributed by atoms with Crippen molar-refractivity contribution < 1.29 is 13.2 Å². The summed E-state index contributed by atoms with van der Waals surface area (Å²) in [5.41, 5.74) is 1.24. The van der Waals surface area contributed by atoms with Crippen molar-refractivity contribution in [1.29, 1.82) is 0 Å². The first-order chi connectivity index (χ1) is 9.15. The van der Waals surface area contributed by atoms with Crippen molar-refractivity contribution >= 4 is 15.7 Å². The molecule has 1 aromatic heterocycles. The molecular weight excluding hydrogens is 266 g/mol. The maximum absolute atomic E-state index is 12.2. The highest BCUT2D eigenvalue weighted by Crippen LogP contribution is 2.28. The smallest absolute Gasteiger partial charge is 0.262 e. The molecule has 0 atom stereocenters. The first-order valence-corrected chi connectivity index (χ1v) is 7.17. The molecule has 1 N–H and O–H groups in total. The van der Waals surface area contributed by atoms with Gasteiger partial charge in [-0.3, -0.25) is 4.72 Å². The maximum Gasteiger partial charge on any atom is 0.262 e. The molecule has 2 aromatic rings. The molecule has 0 fully saturated rings. The summed E-state index contributed by atoms with van der Waals surface area (Å²) in [5.74, 6) is 0.752. The first-order valence-electron chi connectivity index (χ1n) is 5.69. The van der Waals surface area contributed by atoms with Crippen molar-refractivity contribution in [2.45, 2.75) is 11.3 Å². The van der Waals surface area contributed by atoms with Crippen LogP contribution in [0.15, 0.2) is 41.8 Å². The molecule has 1 aliphatic rings. The number of rotatable bonds is 3. The Labute approximate surface area is 110 Å². The molecule has 0 radical (unpaired) electrons. The van der Waals surface area contributed by atoms with Crippen molar-refractivity contribution in [3.8, 4) is 5.75 Å². The van der Waals surface area contributed by atoms with E-state index in [9.17, 15) is 8.42 Å². The van der Waals surface area contributed by atoms with Gasteiger partial charge in [0.2, 0.25) is 0 Å². The van der Waals surface area contributed by atoms with Crippen molar-refractivity contribution in [2.24, 2.45) is 0 Å². The lowest BCUT2D eigenvalue weighted by Crippen LogP contribution is -2.13. The Kier molecular flexibility index (Phi) is 2.83. The number of sulfonamides is 1. The fraction of sp³-hybridized carbons (Fsp3) is 0.167. The van der Waals surface area contributed by atoms with Gasteiger partial charge in [-0.15, -0.1) is 0 Å². The van der Waals surface area contributed by atoms with E-state index < -0.39 is 10.0 Å². The summed E-state index contributed by atoms with van der Waals surface area (Å²) >= 11 is 0. The second-order valence-corrected chi connectivity index (χ2v) is 5.78. The minimum absolute atomic E-state index is 0.209. The van der Waals surface area contributed by atoms with Gasteiger partial charge < -0.3 is 4.74 Å². The molecule has 0 bridgehead atoms. The van der Waals surface area contributed by atoms with Crippen LogP contribution in [0.3, 0.4) is 0 Å². The Hall–Kier alpha value is -2.15. The Morgan fingerprint density at radius 1 is 1.21 bits per heavy atom. The third kappa shape index (κ3) is 2.37. The van der Waals surface area contributed by atoms with Gasteiger partial charge >= 0.3 is 0 Å². The summed E-state index contributed by atoms with van der Waals surface area (Å²) in [6, 6.07) is 4.84. The average Bonchev–Trinajstić information content (AvgIpc) is 2.86.